The second-order valence-corrected chi connectivity index (χ2v) is 9.05. The van der Waals surface area contributed by atoms with Crippen molar-refractivity contribution in [2.45, 2.75) is 0 Å². The molecule has 2 heterocycles. The number of halogens is 2. The lowest BCUT2D eigenvalue weighted by Gasteiger charge is -2.15. The molecule has 0 unspecified atom stereocenters. The van der Waals surface area contributed by atoms with Gasteiger partial charge in [-0.2, -0.15) is 0 Å². The lowest BCUT2D eigenvalue weighted by atomic mass is 9.94. The summed E-state index contributed by atoms with van der Waals surface area (Å²) in [5.74, 6) is -2.43. The zero-order chi connectivity index (χ0) is 27.6. The Hall–Kier alpha value is -5.50. The van der Waals surface area contributed by atoms with Crippen LogP contribution in [-0.4, -0.2) is 21.8 Å². The number of carbonyl (C=O) groups is 2. The van der Waals surface area contributed by atoms with Gasteiger partial charge in [-0.3, -0.25) is 19.6 Å². The monoisotopic (exact) mass is 530 g/mol. The summed E-state index contributed by atoms with van der Waals surface area (Å²) in [7, 11) is 0. The Balaban J connectivity index is 1.41. The van der Waals surface area contributed by atoms with Crippen LogP contribution in [0.4, 0.5) is 20.2 Å². The van der Waals surface area contributed by atoms with Gasteiger partial charge in [0.05, 0.1) is 22.4 Å². The summed E-state index contributed by atoms with van der Waals surface area (Å²) in [6.45, 7) is 0. The molecule has 6 aromatic rings. The standard InChI is InChI=1S/C32H20F2N4O2/c33-21-11-13-23(31(39)37-27-9-1-5-19-7-3-15-35-29(19)27)25(17-21)26-18-22(34)12-14-24(26)32(40)38-28-10-2-6-20-8-4-16-36-30(20)28/h1-18H,(H,37,39)(H,38,40). The first-order chi connectivity index (χ1) is 19.5. The average Bonchev–Trinajstić information content (AvgIpc) is 2.97. The molecule has 40 heavy (non-hydrogen) atoms. The lowest BCUT2D eigenvalue weighted by Crippen LogP contribution is -2.16. The van der Waals surface area contributed by atoms with Gasteiger partial charge in [-0.05, 0) is 71.8 Å². The predicted octanol–water partition coefficient (Wildman–Crippen LogP) is 7.23. The van der Waals surface area contributed by atoms with E-state index in [-0.39, 0.29) is 22.3 Å². The van der Waals surface area contributed by atoms with Crippen LogP contribution >= 0.6 is 0 Å². The van der Waals surface area contributed by atoms with Crippen LogP contribution in [0, 0.1) is 11.6 Å². The normalized spacial score (nSPS) is 10.9. The van der Waals surface area contributed by atoms with Crippen LogP contribution in [0.2, 0.25) is 0 Å². The number of benzene rings is 4. The number of nitrogens with one attached hydrogen (secondary N) is 2. The molecule has 0 aliphatic carbocycles. The third kappa shape index (κ3) is 4.74. The highest BCUT2D eigenvalue weighted by molar-refractivity contribution is 6.15. The summed E-state index contributed by atoms with van der Waals surface area (Å²) in [6.07, 6.45) is 3.23. The molecule has 4 aromatic carbocycles. The number of amides is 2. The summed E-state index contributed by atoms with van der Waals surface area (Å²) in [5, 5.41) is 7.31. The minimum atomic E-state index is -0.646. The van der Waals surface area contributed by atoms with Gasteiger partial charge in [-0.25, -0.2) is 8.78 Å². The molecule has 8 heteroatoms. The van der Waals surface area contributed by atoms with Crippen molar-refractivity contribution in [2.75, 3.05) is 10.6 Å². The number of rotatable bonds is 5. The smallest absolute Gasteiger partial charge is 0.256 e. The van der Waals surface area contributed by atoms with Crippen LogP contribution < -0.4 is 10.6 Å². The zero-order valence-electron chi connectivity index (χ0n) is 20.9. The first-order valence-corrected chi connectivity index (χ1v) is 12.4. The van der Waals surface area contributed by atoms with Crippen molar-refractivity contribution in [3.63, 3.8) is 0 Å². The molecule has 0 radical (unpaired) electrons. The highest BCUT2D eigenvalue weighted by Crippen LogP contribution is 2.32. The zero-order valence-corrected chi connectivity index (χ0v) is 20.9. The van der Waals surface area contributed by atoms with E-state index in [0.717, 1.165) is 35.0 Å². The fourth-order valence-electron chi connectivity index (χ4n) is 4.66. The Bertz CT molecular complexity index is 1790. The molecule has 0 fully saturated rings. The van der Waals surface area contributed by atoms with Gasteiger partial charge in [0, 0.05) is 34.3 Å². The van der Waals surface area contributed by atoms with Gasteiger partial charge in [-0.1, -0.05) is 36.4 Å². The minimum Gasteiger partial charge on any atom is -0.320 e. The van der Waals surface area contributed by atoms with E-state index < -0.39 is 23.4 Å². The van der Waals surface area contributed by atoms with Crippen molar-refractivity contribution in [1.29, 1.82) is 0 Å². The molecule has 0 atom stereocenters. The van der Waals surface area contributed by atoms with Crippen molar-refractivity contribution < 1.29 is 18.4 Å². The molecule has 0 bridgehead atoms. The molecule has 0 aliphatic rings. The van der Waals surface area contributed by atoms with E-state index in [0.29, 0.717) is 22.4 Å². The molecule has 6 rings (SSSR count). The van der Waals surface area contributed by atoms with Crippen LogP contribution in [0.25, 0.3) is 32.9 Å². The van der Waals surface area contributed by atoms with Gasteiger partial charge in [-0.15, -0.1) is 0 Å². The number of hydrogen-bond donors (Lipinski definition) is 2. The number of para-hydroxylation sites is 2. The maximum Gasteiger partial charge on any atom is 0.256 e. The van der Waals surface area contributed by atoms with E-state index in [1.54, 1.807) is 48.8 Å². The van der Waals surface area contributed by atoms with Crippen LogP contribution in [-0.2, 0) is 0 Å². The number of carbonyl (C=O) groups excluding carboxylic acids is 2. The fraction of sp³-hybridized carbons (Fsp3) is 0. The van der Waals surface area contributed by atoms with Gasteiger partial charge >= 0.3 is 0 Å². The van der Waals surface area contributed by atoms with Crippen molar-refractivity contribution >= 4 is 45.0 Å². The number of aromatic nitrogens is 2. The molecule has 0 saturated carbocycles. The van der Waals surface area contributed by atoms with E-state index >= 15 is 0 Å². The Morgan fingerprint density at radius 1 is 0.550 bits per heavy atom. The molecular weight excluding hydrogens is 510 g/mol. The number of fused-ring (bicyclic) bond motifs is 2. The van der Waals surface area contributed by atoms with E-state index in [4.69, 9.17) is 0 Å². The SMILES string of the molecule is O=C(Nc1cccc2cccnc12)c1ccc(F)cc1-c1cc(F)ccc1C(=O)Nc1cccc2cccnc12. The summed E-state index contributed by atoms with van der Waals surface area (Å²) in [6, 6.07) is 25.1. The molecule has 2 amide bonds. The first kappa shape index (κ1) is 24.8. The highest BCUT2D eigenvalue weighted by Gasteiger charge is 2.21. The topological polar surface area (TPSA) is 84.0 Å². The molecule has 6 nitrogen and oxygen atoms in total. The van der Waals surface area contributed by atoms with E-state index in [2.05, 4.69) is 20.6 Å². The van der Waals surface area contributed by atoms with Crippen molar-refractivity contribution in [3.05, 3.63) is 132 Å². The minimum absolute atomic E-state index is 0.0563. The summed E-state index contributed by atoms with van der Waals surface area (Å²) < 4.78 is 29.1. The van der Waals surface area contributed by atoms with Crippen LogP contribution in [0.1, 0.15) is 20.7 Å². The third-order valence-corrected chi connectivity index (χ3v) is 6.50. The largest absolute Gasteiger partial charge is 0.320 e. The molecule has 0 aliphatic heterocycles. The van der Waals surface area contributed by atoms with Gasteiger partial charge in [0.15, 0.2) is 0 Å². The van der Waals surface area contributed by atoms with Crippen molar-refractivity contribution in [2.24, 2.45) is 0 Å². The van der Waals surface area contributed by atoms with Gasteiger partial charge < -0.3 is 10.6 Å². The van der Waals surface area contributed by atoms with Crippen LogP contribution in [0.3, 0.4) is 0 Å². The maximum absolute atomic E-state index is 14.5. The van der Waals surface area contributed by atoms with Gasteiger partial charge in [0.25, 0.3) is 11.8 Å². The first-order valence-electron chi connectivity index (χ1n) is 12.4. The average molecular weight is 531 g/mol. The number of nitrogens with zero attached hydrogens (tertiary/aromatic N) is 2. The number of hydrogen-bond acceptors (Lipinski definition) is 4. The Labute approximate surface area is 227 Å². The summed E-state index contributed by atoms with van der Waals surface area (Å²) in [4.78, 5) is 35.7. The second kappa shape index (κ2) is 10.3. The summed E-state index contributed by atoms with van der Waals surface area (Å²) in [5.41, 5.74) is 2.31. The predicted molar refractivity (Wildman–Crippen MR) is 151 cm³/mol. The third-order valence-electron chi connectivity index (χ3n) is 6.50. The van der Waals surface area contributed by atoms with Crippen molar-refractivity contribution in [1.82, 2.24) is 9.97 Å². The van der Waals surface area contributed by atoms with Crippen LogP contribution in [0.5, 0.6) is 0 Å². The van der Waals surface area contributed by atoms with Gasteiger partial charge in [0.2, 0.25) is 0 Å². The van der Waals surface area contributed by atoms with E-state index in [1.165, 1.54) is 12.1 Å². The maximum atomic E-state index is 14.5. The highest BCUT2D eigenvalue weighted by atomic mass is 19.1. The molecule has 2 N–H and O–H groups in total. The molecular formula is C32H20F2N4O2. The Kier molecular flexibility index (Phi) is 6.41. The Morgan fingerprint density at radius 2 is 0.975 bits per heavy atom. The molecule has 0 spiro atoms. The van der Waals surface area contributed by atoms with Crippen LogP contribution in [0.15, 0.2) is 109 Å². The lowest BCUT2D eigenvalue weighted by molar-refractivity contribution is 0.101. The van der Waals surface area contributed by atoms with E-state index in [1.807, 2.05) is 24.3 Å². The second-order valence-electron chi connectivity index (χ2n) is 9.05. The quantitative estimate of drug-likeness (QED) is 0.246. The Morgan fingerprint density at radius 3 is 1.43 bits per heavy atom. The van der Waals surface area contributed by atoms with Crippen molar-refractivity contribution in [3.8, 4) is 11.1 Å². The molecule has 2 aromatic heterocycles. The molecule has 0 saturated heterocycles. The number of pyridine rings is 2. The fourth-order valence-corrected chi connectivity index (χ4v) is 4.66. The summed E-state index contributed by atoms with van der Waals surface area (Å²) >= 11 is 0. The van der Waals surface area contributed by atoms with Gasteiger partial charge in [0.1, 0.15) is 11.6 Å². The number of anilines is 2. The molecule has 194 valence electrons. The van der Waals surface area contributed by atoms with E-state index in [9.17, 15) is 18.4 Å².